The van der Waals surface area contributed by atoms with Crippen LogP contribution in [-0.2, 0) is 18.3 Å². The summed E-state index contributed by atoms with van der Waals surface area (Å²) in [4.78, 5) is 15.1. The highest BCUT2D eigenvalue weighted by molar-refractivity contribution is 5.76. The Morgan fingerprint density at radius 3 is 2.58 bits per heavy atom. The minimum absolute atomic E-state index is 0.187. The van der Waals surface area contributed by atoms with Crippen LogP contribution in [-0.4, -0.2) is 46.3 Å². The van der Waals surface area contributed by atoms with Gasteiger partial charge in [-0.2, -0.15) is 5.10 Å². The summed E-state index contributed by atoms with van der Waals surface area (Å²) in [7, 11) is 1.96. The maximum atomic E-state index is 12.6. The van der Waals surface area contributed by atoms with E-state index in [1.165, 1.54) is 29.7 Å². The van der Waals surface area contributed by atoms with Gasteiger partial charge in [0.1, 0.15) is 0 Å². The van der Waals surface area contributed by atoms with E-state index in [1.54, 1.807) is 0 Å². The number of hydrogen-bond donors (Lipinski definition) is 1. The molecule has 0 aromatic carbocycles. The van der Waals surface area contributed by atoms with E-state index in [9.17, 15) is 4.79 Å². The van der Waals surface area contributed by atoms with Crippen LogP contribution in [0, 0.1) is 25.7 Å². The monoisotopic (exact) mass is 358 g/mol. The van der Waals surface area contributed by atoms with Crippen molar-refractivity contribution >= 4 is 5.91 Å². The zero-order valence-corrected chi connectivity index (χ0v) is 17.0. The molecule has 1 saturated heterocycles. The van der Waals surface area contributed by atoms with Crippen LogP contribution < -0.4 is 5.32 Å². The molecular weight excluding hydrogens is 324 g/mol. The van der Waals surface area contributed by atoms with Gasteiger partial charge in [0.15, 0.2) is 0 Å². The van der Waals surface area contributed by atoms with Gasteiger partial charge in [0.2, 0.25) is 5.91 Å². The second kappa shape index (κ2) is 7.95. The van der Waals surface area contributed by atoms with Crippen molar-refractivity contribution in [1.82, 2.24) is 20.0 Å². The van der Waals surface area contributed by atoms with Crippen molar-refractivity contribution in [3.05, 3.63) is 28.6 Å². The number of hydrogen-bond acceptors (Lipinski definition) is 3. The van der Waals surface area contributed by atoms with Crippen LogP contribution in [0.2, 0.25) is 0 Å². The molecule has 1 aliphatic heterocycles. The SMILES string of the molecule is CC(C)=CCN1C[C@H](NC(=O)CCc2c(C)nn(C)c2C)[C@@H](C2CC2)C1. The number of aromatic nitrogens is 2. The van der Waals surface area contributed by atoms with Crippen molar-refractivity contribution in [2.45, 2.75) is 59.4 Å². The van der Waals surface area contributed by atoms with Crippen LogP contribution in [0.4, 0.5) is 0 Å². The van der Waals surface area contributed by atoms with Crippen molar-refractivity contribution in [2.75, 3.05) is 19.6 Å². The van der Waals surface area contributed by atoms with Crippen LogP contribution in [0.5, 0.6) is 0 Å². The highest BCUT2D eigenvalue weighted by atomic mass is 16.1. The zero-order chi connectivity index (χ0) is 18.8. The summed E-state index contributed by atoms with van der Waals surface area (Å²) in [6.07, 6.45) is 6.29. The second-order valence-corrected chi connectivity index (χ2v) is 8.45. The summed E-state index contributed by atoms with van der Waals surface area (Å²) in [5, 5.41) is 7.81. The molecule has 0 spiro atoms. The first-order chi connectivity index (χ1) is 12.3. The lowest BCUT2D eigenvalue weighted by Gasteiger charge is -2.19. The summed E-state index contributed by atoms with van der Waals surface area (Å²) < 4.78 is 1.91. The van der Waals surface area contributed by atoms with Crippen molar-refractivity contribution < 1.29 is 4.79 Å². The molecule has 144 valence electrons. The maximum Gasteiger partial charge on any atom is 0.220 e. The fourth-order valence-electron chi connectivity index (χ4n) is 4.23. The third kappa shape index (κ3) is 4.56. The molecule has 0 radical (unpaired) electrons. The summed E-state index contributed by atoms with van der Waals surface area (Å²) in [6, 6.07) is 0.316. The number of carbonyl (C=O) groups excluding carboxylic acids is 1. The van der Waals surface area contributed by atoms with E-state index < -0.39 is 0 Å². The molecule has 3 rings (SSSR count). The highest BCUT2D eigenvalue weighted by Crippen LogP contribution is 2.41. The number of likely N-dealkylation sites (tertiary alicyclic amines) is 1. The van der Waals surface area contributed by atoms with Crippen LogP contribution in [0.1, 0.15) is 50.1 Å². The molecule has 2 atom stereocenters. The van der Waals surface area contributed by atoms with Crippen LogP contribution in [0.3, 0.4) is 0 Å². The molecule has 1 aliphatic carbocycles. The van der Waals surface area contributed by atoms with Gasteiger partial charge in [0, 0.05) is 44.8 Å². The molecule has 1 aromatic rings. The molecule has 2 heterocycles. The Balaban J connectivity index is 1.54. The molecule has 5 heteroatoms. The van der Waals surface area contributed by atoms with Crippen molar-refractivity contribution in [1.29, 1.82) is 0 Å². The minimum Gasteiger partial charge on any atom is -0.352 e. The van der Waals surface area contributed by atoms with E-state index in [4.69, 9.17) is 0 Å². The van der Waals surface area contributed by atoms with Gasteiger partial charge in [-0.25, -0.2) is 0 Å². The zero-order valence-electron chi connectivity index (χ0n) is 17.0. The number of allylic oxidation sites excluding steroid dienone is 1. The maximum absolute atomic E-state index is 12.6. The van der Waals surface area contributed by atoms with Gasteiger partial charge < -0.3 is 5.32 Å². The molecule has 26 heavy (non-hydrogen) atoms. The largest absolute Gasteiger partial charge is 0.352 e. The van der Waals surface area contributed by atoms with Gasteiger partial charge in [-0.3, -0.25) is 14.4 Å². The molecule has 1 N–H and O–H groups in total. The van der Waals surface area contributed by atoms with E-state index in [2.05, 4.69) is 42.2 Å². The van der Waals surface area contributed by atoms with Gasteiger partial charge in [-0.05, 0) is 64.4 Å². The predicted molar refractivity (Wildman–Crippen MR) is 105 cm³/mol. The third-order valence-corrected chi connectivity index (χ3v) is 6.03. The van der Waals surface area contributed by atoms with Gasteiger partial charge in [0.25, 0.3) is 0 Å². The minimum atomic E-state index is 0.187. The molecule has 5 nitrogen and oxygen atoms in total. The van der Waals surface area contributed by atoms with Gasteiger partial charge in [-0.1, -0.05) is 11.6 Å². The molecule has 2 fully saturated rings. The fraction of sp³-hybridized carbons (Fsp3) is 0.714. The first kappa shape index (κ1) is 19.2. The molecule has 1 saturated carbocycles. The Kier molecular flexibility index (Phi) is 5.86. The van der Waals surface area contributed by atoms with E-state index in [-0.39, 0.29) is 5.91 Å². The number of amides is 1. The van der Waals surface area contributed by atoms with E-state index in [0.29, 0.717) is 18.4 Å². The first-order valence-corrected chi connectivity index (χ1v) is 9.99. The van der Waals surface area contributed by atoms with E-state index in [1.807, 2.05) is 18.7 Å². The van der Waals surface area contributed by atoms with E-state index in [0.717, 1.165) is 37.7 Å². The normalized spacial score (nSPS) is 23.3. The van der Waals surface area contributed by atoms with E-state index >= 15 is 0 Å². The molecule has 1 amide bonds. The predicted octanol–water partition coefficient (Wildman–Crippen LogP) is 2.76. The summed E-state index contributed by atoms with van der Waals surface area (Å²) in [5.41, 5.74) is 4.79. The number of carbonyl (C=O) groups is 1. The van der Waals surface area contributed by atoms with Crippen LogP contribution in [0.15, 0.2) is 11.6 Å². The fourth-order valence-corrected chi connectivity index (χ4v) is 4.23. The van der Waals surface area contributed by atoms with Gasteiger partial charge >= 0.3 is 0 Å². The molecular formula is C21H34N4O. The van der Waals surface area contributed by atoms with Gasteiger partial charge in [0.05, 0.1) is 5.69 Å². The lowest BCUT2D eigenvalue weighted by Crippen LogP contribution is -2.41. The Labute approximate surface area is 157 Å². The Morgan fingerprint density at radius 2 is 2.00 bits per heavy atom. The summed E-state index contributed by atoms with van der Waals surface area (Å²) in [6.45, 7) is 11.5. The molecule has 2 aliphatic rings. The first-order valence-electron chi connectivity index (χ1n) is 9.99. The lowest BCUT2D eigenvalue weighted by atomic mass is 9.98. The average molecular weight is 359 g/mol. The second-order valence-electron chi connectivity index (χ2n) is 8.45. The standard InChI is InChI=1S/C21H34N4O/c1-14(2)10-11-25-12-19(17-6-7-17)20(13-25)22-21(26)9-8-18-15(3)23-24(5)16(18)4/h10,17,19-20H,6-9,11-13H2,1-5H3,(H,22,26)/t19-,20+/m1/s1. The van der Waals surface area contributed by atoms with Crippen molar-refractivity contribution in [3.8, 4) is 0 Å². The van der Waals surface area contributed by atoms with Crippen molar-refractivity contribution in [2.24, 2.45) is 18.9 Å². The number of rotatable bonds is 7. The summed E-state index contributed by atoms with van der Waals surface area (Å²) in [5.74, 6) is 1.64. The Hall–Kier alpha value is -1.62. The molecule has 1 aromatic heterocycles. The smallest absolute Gasteiger partial charge is 0.220 e. The van der Waals surface area contributed by atoms with Crippen LogP contribution in [0.25, 0.3) is 0 Å². The topological polar surface area (TPSA) is 50.2 Å². The van der Waals surface area contributed by atoms with Gasteiger partial charge in [-0.15, -0.1) is 0 Å². The molecule has 0 unspecified atom stereocenters. The quantitative estimate of drug-likeness (QED) is 0.763. The summed E-state index contributed by atoms with van der Waals surface area (Å²) >= 11 is 0. The number of nitrogens with one attached hydrogen (secondary N) is 1. The van der Waals surface area contributed by atoms with Crippen LogP contribution >= 0.6 is 0 Å². The lowest BCUT2D eigenvalue weighted by molar-refractivity contribution is -0.122. The van der Waals surface area contributed by atoms with Crippen molar-refractivity contribution in [3.63, 3.8) is 0 Å². The number of aryl methyl sites for hydroxylation is 2. The number of nitrogens with zero attached hydrogens (tertiary/aromatic N) is 3. The highest BCUT2D eigenvalue weighted by Gasteiger charge is 2.42. The third-order valence-electron chi connectivity index (χ3n) is 6.03. The average Bonchev–Trinajstić information content (AvgIpc) is 3.29. The molecule has 0 bridgehead atoms. The Bertz CT molecular complexity index is 682. The Morgan fingerprint density at radius 1 is 1.27 bits per heavy atom.